The van der Waals surface area contributed by atoms with Crippen LogP contribution >= 0.6 is 0 Å². The molecule has 0 atom stereocenters. The quantitative estimate of drug-likeness (QED) is 0.560. The summed E-state index contributed by atoms with van der Waals surface area (Å²) in [7, 11) is 0. The first-order valence-corrected chi connectivity index (χ1v) is 2.73. The number of pyridine rings is 1. The second-order valence-electron chi connectivity index (χ2n) is 1.82. The molecule has 0 unspecified atom stereocenters. The second kappa shape index (κ2) is 1.66. The van der Waals surface area contributed by atoms with E-state index in [0.717, 1.165) is 0 Å². The Balaban J connectivity index is 3.07. The predicted octanol–water partition coefficient (Wildman–Crippen LogP) is 0.0704. The molecular formula is C5H4N3O2+. The number of hydrogen-bond donors (Lipinski definition) is 1. The summed E-state index contributed by atoms with van der Waals surface area (Å²) in [5.41, 5.74) is 0.861. The molecule has 0 saturated heterocycles. The van der Waals surface area contributed by atoms with E-state index in [1.807, 2.05) is 0 Å². The molecule has 0 aliphatic carbocycles. The van der Waals surface area contributed by atoms with Gasteiger partial charge in [0.05, 0.1) is 0 Å². The topological polar surface area (TPSA) is 64.8 Å². The van der Waals surface area contributed by atoms with Crippen LogP contribution in [-0.2, 0) is 0 Å². The zero-order chi connectivity index (χ0) is 6.97. The van der Waals surface area contributed by atoms with Gasteiger partial charge in [-0.25, -0.2) is 4.98 Å². The van der Waals surface area contributed by atoms with Crippen LogP contribution in [0.2, 0.25) is 0 Å². The Kier molecular flexibility index (Phi) is 0.858. The average Bonchev–Trinajstić information content (AvgIpc) is 2.34. The van der Waals surface area contributed by atoms with E-state index in [9.17, 15) is 4.91 Å². The van der Waals surface area contributed by atoms with E-state index in [1.165, 1.54) is 0 Å². The SMILES string of the molecule is O=[n+]1o[nH]c2ncccc21. The van der Waals surface area contributed by atoms with E-state index in [0.29, 0.717) is 15.8 Å². The Morgan fingerprint density at radius 3 is 3.40 bits per heavy atom. The molecule has 50 valence electrons. The summed E-state index contributed by atoms with van der Waals surface area (Å²) in [5, 5.41) is 2.35. The number of aromatic nitrogens is 3. The van der Waals surface area contributed by atoms with Gasteiger partial charge in [-0.3, -0.25) is 0 Å². The van der Waals surface area contributed by atoms with Crippen LogP contribution in [0.15, 0.2) is 23.0 Å². The molecule has 0 radical (unpaired) electrons. The molecule has 0 aliphatic heterocycles. The molecule has 0 bridgehead atoms. The lowest BCUT2D eigenvalue weighted by Gasteiger charge is -1.71. The molecule has 0 fully saturated rings. The highest BCUT2D eigenvalue weighted by Gasteiger charge is 2.07. The lowest BCUT2D eigenvalue weighted by Crippen LogP contribution is -2.07. The fourth-order valence-corrected chi connectivity index (χ4v) is 0.757. The van der Waals surface area contributed by atoms with Crippen molar-refractivity contribution < 1.29 is 9.23 Å². The molecule has 0 amide bonds. The molecule has 0 spiro atoms. The monoisotopic (exact) mass is 138 g/mol. The first-order chi connectivity index (χ1) is 4.88. The van der Waals surface area contributed by atoms with Crippen LogP contribution in [0, 0.1) is 4.91 Å². The van der Waals surface area contributed by atoms with Gasteiger partial charge >= 0.3 is 5.65 Å². The lowest BCUT2D eigenvalue weighted by atomic mass is 10.4. The Morgan fingerprint density at radius 2 is 2.60 bits per heavy atom. The number of fused-ring (bicyclic) bond motifs is 1. The van der Waals surface area contributed by atoms with Gasteiger partial charge in [0.1, 0.15) is 0 Å². The van der Waals surface area contributed by atoms with Crippen molar-refractivity contribution in [3.63, 3.8) is 0 Å². The molecule has 5 heteroatoms. The van der Waals surface area contributed by atoms with Crippen molar-refractivity contribution in [1.29, 1.82) is 0 Å². The zero-order valence-corrected chi connectivity index (χ0v) is 4.94. The highest BCUT2D eigenvalue weighted by atomic mass is 16.7. The molecule has 2 heterocycles. The summed E-state index contributed by atoms with van der Waals surface area (Å²) in [5.74, 6) is 0. The molecule has 2 aromatic rings. The standard InChI is InChI=1S/C5H4N3O2/c9-8-4-2-1-3-6-5(4)7-10-8/h1-3H,(H,6,7)/q+1. The Bertz CT molecular complexity index is 402. The van der Waals surface area contributed by atoms with Gasteiger partial charge in [0.2, 0.25) is 0 Å². The number of aromatic amines is 1. The third-order valence-corrected chi connectivity index (χ3v) is 1.21. The maximum absolute atomic E-state index is 10.7. The van der Waals surface area contributed by atoms with Crippen LogP contribution in [0.5, 0.6) is 0 Å². The normalized spacial score (nSPS) is 10.4. The van der Waals surface area contributed by atoms with Crippen molar-refractivity contribution in [1.82, 2.24) is 10.1 Å². The van der Waals surface area contributed by atoms with Crippen LogP contribution in [0.1, 0.15) is 0 Å². The van der Waals surface area contributed by atoms with Gasteiger partial charge in [-0.15, -0.1) is 0 Å². The van der Waals surface area contributed by atoms with Crippen molar-refractivity contribution in [2.75, 3.05) is 0 Å². The van der Waals surface area contributed by atoms with Gasteiger partial charge in [0.25, 0.3) is 5.52 Å². The van der Waals surface area contributed by atoms with Crippen LogP contribution in [0.4, 0.5) is 0 Å². The number of nitrogens with zero attached hydrogens (tertiary/aromatic N) is 2. The van der Waals surface area contributed by atoms with Crippen molar-refractivity contribution >= 4 is 11.2 Å². The molecule has 5 nitrogen and oxygen atoms in total. The highest BCUT2D eigenvalue weighted by Crippen LogP contribution is 1.98. The van der Waals surface area contributed by atoms with E-state index < -0.39 is 0 Å². The minimum absolute atomic E-state index is 0.377. The summed E-state index contributed by atoms with van der Waals surface area (Å²) in [6.45, 7) is 0. The Hall–Kier alpha value is -1.65. The van der Waals surface area contributed by atoms with Gasteiger partial charge < -0.3 is 0 Å². The Labute approximate surface area is 54.8 Å². The summed E-state index contributed by atoms with van der Waals surface area (Å²) < 4.78 is 4.77. The minimum atomic E-state index is 0.377. The van der Waals surface area contributed by atoms with Crippen LogP contribution in [-0.4, -0.2) is 10.1 Å². The summed E-state index contributed by atoms with van der Waals surface area (Å²) in [4.78, 5) is 14.5. The van der Waals surface area contributed by atoms with Crippen molar-refractivity contribution in [2.45, 2.75) is 0 Å². The number of hydrogen-bond acceptors (Lipinski definition) is 3. The summed E-state index contributed by atoms with van der Waals surface area (Å²) in [6, 6.07) is 3.29. The smallest absolute Gasteiger partial charge is 0.211 e. The zero-order valence-electron chi connectivity index (χ0n) is 4.94. The average molecular weight is 138 g/mol. The van der Waals surface area contributed by atoms with Crippen molar-refractivity contribution in [3.05, 3.63) is 23.2 Å². The lowest BCUT2D eigenvalue weighted by molar-refractivity contribution is -0.692. The van der Waals surface area contributed by atoms with Gasteiger partial charge in [-0.1, -0.05) is 9.79 Å². The first kappa shape index (κ1) is 5.16. The summed E-state index contributed by atoms with van der Waals surface area (Å²) >= 11 is 0. The molecule has 0 aromatic carbocycles. The predicted molar refractivity (Wildman–Crippen MR) is 31.7 cm³/mol. The second-order valence-corrected chi connectivity index (χ2v) is 1.82. The van der Waals surface area contributed by atoms with Crippen molar-refractivity contribution in [2.24, 2.45) is 0 Å². The summed E-state index contributed by atoms with van der Waals surface area (Å²) in [6.07, 6.45) is 1.58. The van der Waals surface area contributed by atoms with Gasteiger partial charge in [-0.05, 0) is 11.0 Å². The van der Waals surface area contributed by atoms with E-state index in [1.54, 1.807) is 18.3 Å². The molecule has 2 aromatic heterocycles. The van der Waals surface area contributed by atoms with Gasteiger partial charge in [0, 0.05) is 12.3 Å². The maximum Gasteiger partial charge on any atom is 0.311 e. The minimum Gasteiger partial charge on any atom is -0.211 e. The molecule has 10 heavy (non-hydrogen) atoms. The fraction of sp³-hybridized carbons (Fsp3) is 0. The third-order valence-electron chi connectivity index (χ3n) is 1.21. The molecule has 0 aliphatic rings. The van der Waals surface area contributed by atoms with E-state index >= 15 is 0 Å². The van der Waals surface area contributed by atoms with Gasteiger partial charge in [0.15, 0.2) is 4.60 Å². The van der Waals surface area contributed by atoms with Crippen molar-refractivity contribution in [3.8, 4) is 0 Å². The molecular weight excluding hydrogens is 134 g/mol. The van der Waals surface area contributed by atoms with Crippen LogP contribution in [0.25, 0.3) is 11.2 Å². The van der Waals surface area contributed by atoms with Gasteiger partial charge in [-0.2, -0.15) is 0 Å². The maximum atomic E-state index is 10.7. The molecule has 1 N–H and O–H groups in total. The number of H-pyrrole nitrogens is 1. The first-order valence-electron chi connectivity index (χ1n) is 2.73. The van der Waals surface area contributed by atoms with E-state index in [4.69, 9.17) is 0 Å². The fourth-order valence-electron chi connectivity index (χ4n) is 0.757. The molecule has 0 saturated carbocycles. The third kappa shape index (κ3) is 0.540. The number of rotatable bonds is 0. The largest absolute Gasteiger partial charge is 0.311 e. The number of nitrogens with one attached hydrogen (secondary N) is 1. The van der Waals surface area contributed by atoms with Crippen LogP contribution < -0.4 is 4.60 Å². The van der Waals surface area contributed by atoms with Crippen LogP contribution in [0.3, 0.4) is 0 Å². The van der Waals surface area contributed by atoms with E-state index in [2.05, 4.69) is 14.8 Å². The van der Waals surface area contributed by atoms with E-state index in [-0.39, 0.29) is 0 Å². The Morgan fingerprint density at radius 1 is 1.70 bits per heavy atom. The highest BCUT2D eigenvalue weighted by molar-refractivity contribution is 5.63. The molecule has 2 rings (SSSR count).